The predicted molar refractivity (Wildman–Crippen MR) is 102 cm³/mol. The first-order valence-electron chi connectivity index (χ1n) is 8.71. The normalized spacial score (nSPS) is 17.2. The molecule has 0 unspecified atom stereocenters. The van der Waals surface area contributed by atoms with Crippen molar-refractivity contribution in [2.24, 2.45) is 0 Å². The van der Waals surface area contributed by atoms with Crippen LogP contribution >= 0.6 is 11.3 Å². The van der Waals surface area contributed by atoms with Crippen LogP contribution in [0.1, 0.15) is 34.7 Å². The Hall–Kier alpha value is -2.17. The largest absolute Gasteiger partial charge is 0.487 e. The molecule has 3 aromatic rings. The Morgan fingerprint density at radius 3 is 3.04 bits per heavy atom. The summed E-state index contributed by atoms with van der Waals surface area (Å²) in [5.41, 5.74) is 3.74. The molecule has 128 valence electrons. The smallest absolute Gasteiger partial charge is 0.130 e. The van der Waals surface area contributed by atoms with Crippen LogP contribution in [0.2, 0.25) is 0 Å². The third-order valence-corrected chi connectivity index (χ3v) is 5.80. The monoisotopic (exact) mass is 350 g/mol. The summed E-state index contributed by atoms with van der Waals surface area (Å²) < 4.78 is 5.91. The molecule has 4 rings (SSSR count). The van der Waals surface area contributed by atoms with Crippen LogP contribution in [-0.2, 0) is 19.6 Å². The van der Waals surface area contributed by atoms with Gasteiger partial charge in [-0.25, -0.2) is 0 Å². The molecular formula is C21H22N2OS. The zero-order valence-corrected chi connectivity index (χ0v) is 15.2. The first-order valence-corrected chi connectivity index (χ1v) is 9.59. The van der Waals surface area contributed by atoms with E-state index in [4.69, 9.17) is 4.74 Å². The summed E-state index contributed by atoms with van der Waals surface area (Å²) in [5.74, 6) is 0.907. The Bertz CT molecular complexity index is 831. The van der Waals surface area contributed by atoms with Gasteiger partial charge in [0.25, 0.3) is 0 Å². The van der Waals surface area contributed by atoms with Gasteiger partial charge in [0, 0.05) is 30.2 Å². The van der Waals surface area contributed by atoms with Gasteiger partial charge in [0.15, 0.2) is 0 Å². The summed E-state index contributed by atoms with van der Waals surface area (Å²) in [5, 5.41) is 2.22. The number of pyridine rings is 1. The Balaban J connectivity index is 1.42. The fourth-order valence-corrected chi connectivity index (χ4v) is 4.35. The van der Waals surface area contributed by atoms with Crippen molar-refractivity contribution in [2.45, 2.75) is 32.5 Å². The summed E-state index contributed by atoms with van der Waals surface area (Å²) >= 11 is 1.89. The Morgan fingerprint density at radius 1 is 1.20 bits per heavy atom. The second-order valence-corrected chi connectivity index (χ2v) is 7.45. The van der Waals surface area contributed by atoms with Gasteiger partial charge in [0.1, 0.15) is 12.4 Å². The number of hydrogen-bond donors (Lipinski definition) is 0. The van der Waals surface area contributed by atoms with Gasteiger partial charge in [-0.15, -0.1) is 11.3 Å². The van der Waals surface area contributed by atoms with Crippen molar-refractivity contribution in [3.05, 3.63) is 81.8 Å². The van der Waals surface area contributed by atoms with Crippen molar-refractivity contribution in [1.29, 1.82) is 0 Å². The number of aromatic nitrogens is 1. The number of thiophene rings is 1. The van der Waals surface area contributed by atoms with E-state index in [0.29, 0.717) is 12.6 Å². The molecule has 0 saturated heterocycles. The number of nitrogens with zero attached hydrogens (tertiary/aromatic N) is 2. The van der Waals surface area contributed by atoms with Gasteiger partial charge in [-0.05, 0) is 60.2 Å². The number of fused-ring (bicyclic) bond motifs is 1. The van der Waals surface area contributed by atoms with E-state index >= 15 is 0 Å². The minimum atomic E-state index is 0.480. The highest BCUT2D eigenvalue weighted by Crippen LogP contribution is 2.33. The molecular weight excluding hydrogens is 328 g/mol. The van der Waals surface area contributed by atoms with Gasteiger partial charge in [-0.2, -0.15) is 0 Å². The summed E-state index contributed by atoms with van der Waals surface area (Å²) in [4.78, 5) is 8.40. The van der Waals surface area contributed by atoms with Crippen molar-refractivity contribution < 1.29 is 4.74 Å². The Labute approximate surface area is 152 Å². The summed E-state index contributed by atoms with van der Waals surface area (Å²) in [6, 6.07) is 17.1. The molecule has 1 atom stereocenters. The van der Waals surface area contributed by atoms with Crippen molar-refractivity contribution in [2.75, 3.05) is 6.54 Å². The zero-order chi connectivity index (χ0) is 17.1. The number of ether oxygens (including phenoxy) is 1. The summed E-state index contributed by atoms with van der Waals surface area (Å²) in [6.45, 7) is 4.89. The van der Waals surface area contributed by atoms with Crippen molar-refractivity contribution in [3.8, 4) is 5.75 Å². The fraction of sp³-hybridized carbons (Fsp3) is 0.286. The standard InChI is InChI=1S/C21H22N2OS/c1-16-20-9-12-25-21(20)8-11-23(16)14-17-5-4-7-19(13-17)24-15-18-6-2-3-10-22-18/h2-7,9-10,12-13,16H,8,11,14-15H2,1H3/t16-/m0/s1. The topological polar surface area (TPSA) is 25.4 Å². The molecule has 0 aliphatic carbocycles. The van der Waals surface area contributed by atoms with Crippen molar-refractivity contribution in [3.63, 3.8) is 0 Å². The van der Waals surface area contributed by atoms with E-state index in [1.807, 2.05) is 35.6 Å². The quantitative estimate of drug-likeness (QED) is 0.658. The van der Waals surface area contributed by atoms with Crippen LogP contribution in [-0.4, -0.2) is 16.4 Å². The fourth-order valence-electron chi connectivity index (χ4n) is 3.39. The van der Waals surface area contributed by atoms with Gasteiger partial charge in [-0.3, -0.25) is 9.88 Å². The molecule has 1 aliphatic rings. The maximum absolute atomic E-state index is 5.91. The van der Waals surface area contributed by atoms with Crippen molar-refractivity contribution in [1.82, 2.24) is 9.88 Å². The highest BCUT2D eigenvalue weighted by atomic mass is 32.1. The predicted octanol–water partition coefficient (Wildman–Crippen LogP) is 4.84. The molecule has 0 radical (unpaired) electrons. The van der Waals surface area contributed by atoms with Gasteiger partial charge >= 0.3 is 0 Å². The molecule has 25 heavy (non-hydrogen) atoms. The van der Waals surface area contributed by atoms with Crippen LogP contribution in [0.25, 0.3) is 0 Å². The molecule has 4 heteroatoms. The molecule has 0 spiro atoms. The lowest BCUT2D eigenvalue weighted by molar-refractivity contribution is 0.191. The number of rotatable bonds is 5. The van der Waals surface area contributed by atoms with Crippen LogP contribution < -0.4 is 4.74 Å². The van der Waals surface area contributed by atoms with Crippen molar-refractivity contribution >= 4 is 11.3 Å². The van der Waals surface area contributed by atoms with Crippen LogP contribution in [0.15, 0.2) is 60.1 Å². The molecule has 0 saturated carbocycles. The number of benzene rings is 1. The lowest BCUT2D eigenvalue weighted by Crippen LogP contribution is -2.32. The minimum Gasteiger partial charge on any atom is -0.487 e. The van der Waals surface area contributed by atoms with Crippen LogP contribution in [0.3, 0.4) is 0 Å². The first kappa shape index (κ1) is 16.3. The van der Waals surface area contributed by atoms with Crippen LogP contribution in [0, 0.1) is 0 Å². The van der Waals surface area contributed by atoms with Gasteiger partial charge in [0.2, 0.25) is 0 Å². The van der Waals surface area contributed by atoms with E-state index in [2.05, 4.69) is 46.5 Å². The Kier molecular flexibility index (Phi) is 4.81. The van der Waals surface area contributed by atoms with E-state index in [0.717, 1.165) is 31.0 Å². The second-order valence-electron chi connectivity index (χ2n) is 6.45. The van der Waals surface area contributed by atoms with E-state index in [1.165, 1.54) is 11.1 Å². The van der Waals surface area contributed by atoms with Crippen LogP contribution in [0.4, 0.5) is 0 Å². The Morgan fingerprint density at radius 2 is 2.16 bits per heavy atom. The molecule has 0 amide bonds. The summed E-state index contributed by atoms with van der Waals surface area (Å²) in [7, 11) is 0. The maximum atomic E-state index is 5.91. The zero-order valence-electron chi connectivity index (χ0n) is 14.4. The SMILES string of the molecule is C[C@H]1c2ccsc2CCN1Cc1cccc(OCc2ccccn2)c1. The maximum Gasteiger partial charge on any atom is 0.130 e. The highest BCUT2D eigenvalue weighted by molar-refractivity contribution is 7.10. The van der Waals surface area contributed by atoms with Gasteiger partial charge < -0.3 is 4.74 Å². The van der Waals surface area contributed by atoms with E-state index in [9.17, 15) is 0 Å². The van der Waals surface area contributed by atoms with E-state index in [1.54, 1.807) is 11.1 Å². The molecule has 1 aliphatic heterocycles. The van der Waals surface area contributed by atoms with Gasteiger partial charge in [-0.1, -0.05) is 18.2 Å². The average Bonchev–Trinajstić information content (AvgIpc) is 3.13. The minimum absolute atomic E-state index is 0.480. The highest BCUT2D eigenvalue weighted by Gasteiger charge is 2.24. The molecule has 3 heterocycles. The molecule has 0 bridgehead atoms. The first-order chi connectivity index (χ1) is 12.3. The lowest BCUT2D eigenvalue weighted by atomic mass is 10.0. The summed E-state index contributed by atoms with van der Waals surface area (Å²) in [6.07, 6.45) is 2.96. The van der Waals surface area contributed by atoms with E-state index < -0.39 is 0 Å². The molecule has 1 aromatic carbocycles. The average molecular weight is 350 g/mol. The molecule has 0 N–H and O–H groups in total. The van der Waals surface area contributed by atoms with E-state index in [-0.39, 0.29) is 0 Å². The number of hydrogen-bond acceptors (Lipinski definition) is 4. The molecule has 3 nitrogen and oxygen atoms in total. The third-order valence-electron chi connectivity index (χ3n) is 4.80. The molecule has 2 aromatic heterocycles. The second kappa shape index (κ2) is 7.38. The van der Waals surface area contributed by atoms with Gasteiger partial charge in [0.05, 0.1) is 5.69 Å². The third kappa shape index (κ3) is 3.75. The molecule has 0 fully saturated rings. The lowest BCUT2D eigenvalue weighted by Gasteiger charge is -2.33. The van der Waals surface area contributed by atoms with Crippen LogP contribution in [0.5, 0.6) is 5.75 Å².